The summed E-state index contributed by atoms with van der Waals surface area (Å²) in [5.41, 5.74) is 0. The molecule has 14 heavy (non-hydrogen) atoms. The molecule has 1 aromatic heterocycles. The second-order valence-electron chi connectivity index (χ2n) is 3.35. The Morgan fingerprint density at radius 3 is 3.07 bits per heavy atom. The summed E-state index contributed by atoms with van der Waals surface area (Å²) < 4.78 is 6.71. The average Bonchev–Trinajstić information content (AvgIpc) is 2.19. The first-order chi connectivity index (χ1) is 6.84. The molecule has 3 heteroatoms. The molecule has 0 saturated carbocycles. The predicted octanol–water partition coefficient (Wildman–Crippen LogP) is 3.33. The van der Waals surface area contributed by atoms with Gasteiger partial charge in [0.15, 0.2) is 0 Å². The van der Waals surface area contributed by atoms with E-state index in [2.05, 4.69) is 33.1 Å². The minimum atomic E-state index is 0.222. The highest BCUT2D eigenvalue weighted by molar-refractivity contribution is 9.10. The topological polar surface area (TPSA) is 22.1 Å². The zero-order valence-electron chi connectivity index (χ0n) is 7.82. The molecule has 0 amide bonds. The highest BCUT2D eigenvalue weighted by Gasteiger charge is 2.09. The summed E-state index contributed by atoms with van der Waals surface area (Å²) in [6, 6.07) is 1.94. The van der Waals surface area contributed by atoms with Crippen LogP contribution in [0, 0.1) is 0 Å². The standard InChI is InChI=1S/C11H12BrNO/c12-9-6-11(8-13-7-9)14-10-4-2-1-3-5-10/h2,4,6-8,10H,1,3,5H2. The van der Waals surface area contributed by atoms with Crippen molar-refractivity contribution < 1.29 is 4.74 Å². The van der Waals surface area contributed by atoms with Crippen LogP contribution in [0.4, 0.5) is 0 Å². The lowest BCUT2D eigenvalue weighted by Crippen LogP contribution is -2.15. The van der Waals surface area contributed by atoms with E-state index in [0.29, 0.717) is 0 Å². The van der Waals surface area contributed by atoms with Gasteiger partial charge in [0, 0.05) is 10.7 Å². The molecule has 1 aromatic rings. The van der Waals surface area contributed by atoms with E-state index in [1.54, 1.807) is 12.4 Å². The number of hydrogen-bond acceptors (Lipinski definition) is 2. The molecule has 0 bridgehead atoms. The van der Waals surface area contributed by atoms with Gasteiger partial charge in [-0.3, -0.25) is 4.98 Å². The average molecular weight is 254 g/mol. The molecule has 1 heterocycles. The Bertz CT molecular complexity index is 338. The number of ether oxygens (including phenoxy) is 1. The van der Waals surface area contributed by atoms with Crippen LogP contribution in [0.5, 0.6) is 5.75 Å². The van der Waals surface area contributed by atoms with Gasteiger partial charge in [-0.25, -0.2) is 0 Å². The van der Waals surface area contributed by atoms with Crippen molar-refractivity contribution in [2.45, 2.75) is 25.4 Å². The van der Waals surface area contributed by atoms with E-state index < -0.39 is 0 Å². The van der Waals surface area contributed by atoms with Gasteiger partial charge in [-0.2, -0.15) is 0 Å². The van der Waals surface area contributed by atoms with E-state index in [1.807, 2.05) is 6.07 Å². The number of halogens is 1. The van der Waals surface area contributed by atoms with Gasteiger partial charge < -0.3 is 4.74 Å². The summed E-state index contributed by atoms with van der Waals surface area (Å²) in [6.45, 7) is 0. The minimum absolute atomic E-state index is 0.222. The molecule has 1 unspecified atom stereocenters. The molecule has 0 saturated heterocycles. The van der Waals surface area contributed by atoms with Gasteiger partial charge in [0.05, 0.1) is 6.20 Å². The Morgan fingerprint density at radius 2 is 2.36 bits per heavy atom. The number of allylic oxidation sites excluding steroid dienone is 1. The molecule has 0 radical (unpaired) electrons. The molecule has 1 aliphatic rings. The Kier molecular flexibility index (Phi) is 3.19. The van der Waals surface area contributed by atoms with Gasteiger partial charge in [-0.1, -0.05) is 6.08 Å². The summed E-state index contributed by atoms with van der Waals surface area (Å²) in [4.78, 5) is 4.05. The lowest BCUT2D eigenvalue weighted by Gasteiger charge is -2.18. The van der Waals surface area contributed by atoms with Crippen LogP contribution >= 0.6 is 15.9 Å². The van der Waals surface area contributed by atoms with Crippen molar-refractivity contribution in [3.63, 3.8) is 0 Å². The van der Waals surface area contributed by atoms with Gasteiger partial charge in [0.1, 0.15) is 11.9 Å². The summed E-state index contributed by atoms with van der Waals surface area (Å²) in [5, 5.41) is 0. The van der Waals surface area contributed by atoms with Crippen molar-refractivity contribution in [2.75, 3.05) is 0 Å². The number of aromatic nitrogens is 1. The zero-order chi connectivity index (χ0) is 9.80. The maximum Gasteiger partial charge on any atom is 0.139 e. The first-order valence-electron chi connectivity index (χ1n) is 4.78. The lowest BCUT2D eigenvalue weighted by molar-refractivity contribution is 0.229. The van der Waals surface area contributed by atoms with Crippen molar-refractivity contribution in [2.24, 2.45) is 0 Å². The maximum atomic E-state index is 5.76. The van der Waals surface area contributed by atoms with Gasteiger partial charge in [0.2, 0.25) is 0 Å². The number of pyridine rings is 1. The van der Waals surface area contributed by atoms with E-state index in [0.717, 1.165) is 16.6 Å². The molecule has 0 aliphatic heterocycles. The quantitative estimate of drug-likeness (QED) is 0.755. The van der Waals surface area contributed by atoms with Crippen molar-refractivity contribution in [1.82, 2.24) is 4.98 Å². The third kappa shape index (κ3) is 2.58. The zero-order valence-corrected chi connectivity index (χ0v) is 9.40. The fraction of sp³-hybridized carbons (Fsp3) is 0.364. The van der Waals surface area contributed by atoms with Crippen molar-refractivity contribution in [3.8, 4) is 5.75 Å². The molecule has 2 nitrogen and oxygen atoms in total. The molecule has 2 rings (SSSR count). The van der Waals surface area contributed by atoms with Crippen molar-refractivity contribution in [3.05, 3.63) is 35.1 Å². The SMILES string of the molecule is Brc1cncc(OC2C=CCCC2)c1. The number of hydrogen-bond donors (Lipinski definition) is 0. The van der Waals surface area contributed by atoms with Gasteiger partial charge in [0.25, 0.3) is 0 Å². The second-order valence-corrected chi connectivity index (χ2v) is 4.27. The van der Waals surface area contributed by atoms with Crippen molar-refractivity contribution in [1.29, 1.82) is 0 Å². The molecule has 74 valence electrons. The summed E-state index contributed by atoms with van der Waals surface area (Å²) in [6.07, 6.45) is 11.5. The van der Waals surface area contributed by atoms with Gasteiger partial charge in [-0.15, -0.1) is 0 Å². The smallest absolute Gasteiger partial charge is 0.139 e. The molecule has 1 atom stereocenters. The van der Waals surface area contributed by atoms with Gasteiger partial charge in [-0.05, 0) is 47.3 Å². The van der Waals surface area contributed by atoms with Crippen LogP contribution in [0.25, 0.3) is 0 Å². The number of rotatable bonds is 2. The third-order valence-electron chi connectivity index (χ3n) is 2.18. The van der Waals surface area contributed by atoms with Crippen LogP contribution in [-0.2, 0) is 0 Å². The predicted molar refractivity (Wildman–Crippen MR) is 59.3 cm³/mol. The fourth-order valence-electron chi connectivity index (χ4n) is 1.51. The summed E-state index contributed by atoms with van der Waals surface area (Å²) >= 11 is 3.37. The van der Waals surface area contributed by atoms with E-state index in [4.69, 9.17) is 4.74 Å². The summed E-state index contributed by atoms with van der Waals surface area (Å²) in [7, 11) is 0. The van der Waals surface area contributed by atoms with Crippen LogP contribution in [0.2, 0.25) is 0 Å². The van der Waals surface area contributed by atoms with E-state index in [9.17, 15) is 0 Å². The Hall–Kier alpha value is -0.830. The van der Waals surface area contributed by atoms with Crippen LogP contribution in [0.3, 0.4) is 0 Å². The lowest BCUT2D eigenvalue weighted by atomic mass is 10.1. The molecule has 0 aromatic carbocycles. The first kappa shape index (κ1) is 9.71. The van der Waals surface area contributed by atoms with E-state index >= 15 is 0 Å². The molecule has 0 spiro atoms. The van der Waals surface area contributed by atoms with Crippen LogP contribution < -0.4 is 4.74 Å². The molecular weight excluding hydrogens is 242 g/mol. The summed E-state index contributed by atoms with van der Waals surface area (Å²) in [5.74, 6) is 0.830. The number of nitrogens with zero attached hydrogens (tertiary/aromatic N) is 1. The maximum absolute atomic E-state index is 5.76. The first-order valence-corrected chi connectivity index (χ1v) is 5.58. The van der Waals surface area contributed by atoms with E-state index in [-0.39, 0.29) is 6.10 Å². The van der Waals surface area contributed by atoms with Crippen LogP contribution in [0.1, 0.15) is 19.3 Å². The highest BCUT2D eigenvalue weighted by Crippen LogP contribution is 2.20. The fourth-order valence-corrected chi connectivity index (χ4v) is 1.85. The Balaban J connectivity index is 2.02. The van der Waals surface area contributed by atoms with E-state index in [1.165, 1.54) is 12.8 Å². The van der Waals surface area contributed by atoms with Crippen LogP contribution in [-0.4, -0.2) is 11.1 Å². The Labute approximate surface area is 92.1 Å². The Morgan fingerprint density at radius 1 is 1.43 bits per heavy atom. The van der Waals surface area contributed by atoms with Crippen molar-refractivity contribution >= 4 is 15.9 Å². The molecular formula is C11H12BrNO. The molecule has 1 aliphatic carbocycles. The monoisotopic (exact) mass is 253 g/mol. The second kappa shape index (κ2) is 4.60. The largest absolute Gasteiger partial charge is 0.485 e. The molecule has 0 N–H and O–H groups in total. The third-order valence-corrected chi connectivity index (χ3v) is 2.61. The normalized spacial score (nSPS) is 20.8. The van der Waals surface area contributed by atoms with Gasteiger partial charge >= 0.3 is 0 Å². The highest BCUT2D eigenvalue weighted by atomic mass is 79.9. The van der Waals surface area contributed by atoms with Crippen LogP contribution in [0.15, 0.2) is 35.1 Å². The molecule has 0 fully saturated rings. The minimum Gasteiger partial charge on any atom is -0.485 e.